The van der Waals surface area contributed by atoms with Crippen LogP contribution in [0, 0.1) is 0 Å². The molecule has 1 fully saturated rings. The van der Waals surface area contributed by atoms with Gasteiger partial charge in [0.2, 0.25) is 5.91 Å². The van der Waals surface area contributed by atoms with Gasteiger partial charge in [-0.05, 0) is 31.0 Å². The van der Waals surface area contributed by atoms with Crippen LogP contribution >= 0.6 is 12.4 Å². The van der Waals surface area contributed by atoms with Crippen LogP contribution in [0.25, 0.3) is 0 Å². The van der Waals surface area contributed by atoms with E-state index in [0.717, 1.165) is 12.0 Å². The van der Waals surface area contributed by atoms with E-state index in [-0.39, 0.29) is 36.3 Å². The van der Waals surface area contributed by atoms with E-state index in [0.29, 0.717) is 31.9 Å². The maximum Gasteiger partial charge on any atom is 0.251 e. The molecule has 1 aliphatic heterocycles. The minimum absolute atomic E-state index is 0. The predicted octanol–water partition coefficient (Wildman–Crippen LogP) is 1.24. The third-order valence-corrected chi connectivity index (χ3v) is 3.88. The molecule has 0 bridgehead atoms. The highest BCUT2D eigenvalue weighted by Gasteiger charge is 2.20. The highest BCUT2D eigenvalue weighted by molar-refractivity contribution is 5.94. The molecular weight excluding hydrogens is 330 g/mol. The molecule has 0 aromatic heterocycles. The first kappa shape index (κ1) is 20.4. The molecule has 2 atom stereocenters. The third-order valence-electron chi connectivity index (χ3n) is 3.88. The van der Waals surface area contributed by atoms with Gasteiger partial charge in [0.15, 0.2) is 0 Å². The van der Waals surface area contributed by atoms with Gasteiger partial charge in [-0.1, -0.05) is 19.1 Å². The lowest BCUT2D eigenvalue weighted by molar-refractivity contribution is -0.126. The van der Waals surface area contributed by atoms with Gasteiger partial charge in [0.25, 0.3) is 5.91 Å². The van der Waals surface area contributed by atoms with E-state index < -0.39 is 0 Å². The number of nitrogens with one attached hydrogen (secondary N) is 3. The van der Waals surface area contributed by atoms with Crippen molar-refractivity contribution in [1.29, 1.82) is 0 Å². The summed E-state index contributed by atoms with van der Waals surface area (Å²) in [7, 11) is 0. The van der Waals surface area contributed by atoms with Crippen LogP contribution in [0.3, 0.4) is 0 Å². The minimum atomic E-state index is -0.305. The number of amides is 2. The van der Waals surface area contributed by atoms with E-state index in [9.17, 15) is 9.59 Å². The molecule has 24 heavy (non-hydrogen) atoms. The molecule has 6 nitrogen and oxygen atoms in total. The largest absolute Gasteiger partial charge is 0.378 e. The Labute approximate surface area is 149 Å². The highest BCUT2D eigenvalue weighted by atomic mass is 35.5. The Kier molecular flexibility index (Phi) is 8.74. The lowest BCUT2D eigenvalue weighted by Crippen LogP contribution is -2.51. The van der Waals surface area contributed by atoms with Crippen LogP contribution in [0.15, 0.2) is 24.3 Å². The Bertz CT molecular complexity index is 548. The fourth-order valence-electron chi connectivity index (χ4n) is 2.28. The van der Waals surface area contributed by atoms with E-state index >= 15 is 0 Å². The fraction of sp³-hybridized carbons (Fsp3) is 0.529. The summed E-state index contributed by atoms with van der Waals surface area (Å²) >= 11 is 0. The summed E-state index contributed by atoms with van der Waals surface area (Å²) < 4.78 is 5.28. The van der Waals surface area contributed by atoms with Crippen molar-refractivity contribution in [2.75, 3.05) is 19.8 Å². The van der Waals surface area contributed by atoms with Crippen LogP contribution in [0.5, 0.6) is 0 Å². The number of morpholine rings is 1. The number of carbonyl (C=O) groups excluding carboxylic acids is 2. The molecule has 2 unspecified atom stereocenters. The maximum atomic E-state index is 12.1. The zero-order valence-electron chi connectivity index (χ0n) is 14.1. The van der Waals surface area contributed by atoms with E-state index in [1.807, 2.05) is 32.0 Å². The molecule has 2 amide bonds. The molecule has 1 aromatic carbocycles. The van der Waals surface area contributed by atoms with Crippen LogP contribution in [-0.2, 0) is 16.1 Å². The summed E-state index contributed by atoms with van der Waals surface area (Å²) in [6.07, 6.45) is 0.887. The van der Waals surface area contributed by atoms with Crippen LogP contribution in [-0.4, -0.2) is 43.7 Å². The smallest absolute Gasteiger partial charge is 0.251 e. The van der Waals surface area contributed by atoms with Gasteiger partial charge in [0.1, 0.15) is 6.04 Å². The zero-order chi connectivity index (χ0) is 16.7. The van der Waals surface area contributed by atoms with Gasteiger partial charge in [0.05, 0.1) is 13.2 Å². The Morgan fingerprint density at radius 2 is 2.21 bits per heavy atom. The van der Waals surface area contributed by atoms with Crippen LogP contribution in [0.1, 0.15) is 36.2 Å². The Morgan fingerprint density at radius 3 is 2.88 bits per heavy atom. The second-order valence-electron chi connectivity index (χ2n) is 5.78. The number of benzene rings is 1. The van der Waals surface area contributed by atoms with Crippen molar-refractivity contribution in [2.24, 2.45) is 0 Å². The number of ether oxygens (including phenoxy) is 1. The van der Waals surface area contributed by atoms with Crippen molar-refractivity contribution < 1.29 is 14.3 Å². The second-order valence-corrected chi connectivity index (χ2v) is 5.78. The maximum absolute atomic E-state index is 12.1. The van der Waals surface area contributed by atoms with Crippen LogP contribution in [0.2, 0.25) is 0 Å². The van der Waals surface area contributed by atoms with Crippen LogP contribution in [0.4, 0.5) is 0 Å². The van der Waals surface area contributed by atoms with Gasteiger partial charge in [0, 0.05) is 24.7 Å². The molecule has 2 rings (SSSR count). The molecule has 0 radical (unpaired) electrons. The average molecular weight is 356 g/mol. The first-order chi connectivity index (χ1) is 11.1. The molecule has 3 N–H and O–H groups in total. The SMILES string of the molecule is CCC(C)NC(=O)c1cccc(CNC(=O)C2COCCN2)c1.Cl. The van der Waals surface area contributed by atoms with Gasteiger partial charge in [-0.3, -0.25) is 9.59 Å². The fourth-order valence-corrected chi connectivity index (χ4v) is 2.28. The predicted molar refractivity (Wildman–Crippen MR) is 95.4 cm³/mol. The number of rotatable bonds is 6. The van der Waals surface area contributed by atoms with E-state index in [1.165, 1.54) is 0 Å². The average Bonchev–Trinajstić information content (AvgIpc) is 2.60. The molecule has 0 saturated carbocycles. The summed E-state index contributed by atoms with van der Waals surface area (Å²) in [5, 5.41) is 8.92. The van der Waals surface area contributed by atoms with Gasteiger partial charge >= 0.3 is 0 Å². The standard InChI is InChI=1S/C17H25N3O3.ClH/c1-3-12(2)20-16(21)14-6-4-5-13(9-14)10-19-17(22)15-11-23-8-7-18-15;/h4-6,9,12,15,18H,3,7-8,10-11H2,1-2H3,(H,19,22)(H,20,21);1H. The quantitative estimate of drug-likeness (QED) is 0.717. The molecular formula is C17H26ClN3O3. The number of hydrogen-bond donors (Lipinski definition) is 3. The topological polar surface area (TPSA) is 79.5 Å². The van der Waals surface area contributed by atoms with E-state index in [4.69, 9.17) is 4.74 Å². The lowest BCUT2D eigenvalue weighted by atomic mass is 10.1. The summed E-state index contributed by atoms with van der Waals surface area (Å²) in [5.74, 6) is -0.172. The van der Waals surface area contributed by atoms with Crippen molar-refractivity contribution in [2.45, 2.75) is 38.9 Å². The molecule has 0 spiro atoms. The molecule has 134 valence electrons. The Hall–Kier alpha value is -1.63. The zero-order valence-corrected chi connectivity index (χ0v) is 14.9. The highest BCUT2D eigenvalue weighted by Crippen LogP contribution is 2.06. The number of carbonyl (C=O) groups is 2. The lowest BCUT2D eigenvalue weighted by Gasteiger charge is -2.22. The Morgan fingerprint density at radius 1 is 1.42 bits per heavy atom. The summed E-state index contributed by atoms with van der Waals surface area (Å²) in [6, 6.07) is 7.14. The molecule has 1 saturated heterocycles. The van der Waals surface area contributed by atoms with Crippen LogP contribution < -0.4 is 16.0 Å². The van der Waals surface area contributed by atoms with Crippen molar-refractivity contribution >= 4 is 24.2 Å². The van der Waals surface area contributed by atoms with Crippen molar-refractivity contribution in [3.63, 3.8) is 0 Å². The monoisotopic (exact) mass is 355 g/mol. The molecule has 1 heterocycles. The minimum Gasteiger partial charge on any atom is -0.378 e. The summed E-state index contributed by atoms with van der Waals surface area (Å²) in [4.78, 5) is 24.2. The van der Waals surface area contributed by atoms with Gasteiger partial charge in [-0.15, -0.1) is 12.4 Å². The van der Waals surface area contributed by atoms with Gasteiger partial charge in [-0.25, -0.2) is 0 Å². The number of hydrogen-bond acceptors (Lipinski definition) is 4. The number of halogens is 1. The van der Waals surface area contributed by atoms with Crippen molar-refractivity contribution in [1.82, 2.24) is 16.0 Å². The normalized spacial score (nSPS) is 18.2. The summed E-state index contributed by atoms with van der Waals surface area (Å²) in [6.45, 7) is 6.10. The van der Waals surface area contributed by atoms with Gasteiger partial charge in [-0.2, -0.15) is 0 Å². The first-order valence-electron chi connectivity index (χ1n) is 8.08. The second kappa shape index (κ2) is 10.3. The first-order valence-corrected chi connectivity index (χ1v) is 8.08. The molecule has 1 aliphatic rings. The van der Waals surface area contributed by atoms with E-state index in [2.05, 4.69) is 16.0 Å². The van der Waals surface area contributed by atoms with Gasteiger partial charge < -0.3 is 20.7 Å². The molecule has 1 aromatic rings. The Balaban J connectivity index is 0.00000288. The summed E-state index contributed by atoms with van der Waals surface area (Å²) in [5.41, 5.74) is 1.50. The molecule has 0 aliphatic carbocycles. The molecule has 7 heteroatoms. The third kappa shape index (κ3) is 6.11. The van der Waals surface area contributed by atoms with Crippen molar-refractivity contribution in [3.8, 4) is 0 Å². The van der Waals surface area contributed by atoms with E-state index in [1.54, 1.807) is 6.07 Å². The van der Waals surface area contributed by atoms with Crippen molar-refractivity contribution in [3.05, 3.63) is 35.4 Å².